The first kappa shape index (κ1) is 23.9. The fourth-order valence-electron chi connectivity index (χ4n) is 2.36. The van der Waals surface area contributed by atoms with Crippen LogP contribution in [0.15, 0.2) is 34.8 Å². The molecule has 0 aliphatic carbocycles. The molecule has 1 aromatic heterocycles. The Labute approximate surface area is 177 Å². The van der Waals surface area contributed by atoms with E-state index in [9.17, 15) is 16.8 Å². The lowest BCUT2D eigenvalue weighted by Crippen LogP contribution is -2.32. The minimum Gasteiger partial charge on any atom is -0.393 e. The van der Waals surface area contributed by atoms with Crippen molar-refractivity contribution in [1.82, 2.24) is 23.2 Å². The summed E-state index contributed by atoms with van der Waals surface area (Å²) < 4.78 is 53.1. The number of hydrogen-bond donors (Lipinski definition) is 1. The summed E-state index contributed by atoms with van der Waals surface area (Å²) in [5.74, 6) is 0. The largest absolute Gasteiger partial charge is 0.393 e. The summed E-state index contributed by atoms with van der Waals surface area (Å²) in [6.07, 6.45) is 0.626. The minimum absolute atomic E-state index is 0.198. The molecule has 0 aliphatic heterocycles. The molecule has 0 aliphatic rings. The van der Waals surface area contributed by atoms with Crippen LogP contribution in [0.5, 0.6) is 0 Å². The van der Waals surface area contributed by atoms with Crippen LogP contribution in [0.3, 0.4) is 0 Å². The molecule has 0 unspecified atom stereocenters. The van der Waals surface area contributed by atoms with Gasteiger partial charge in [-0.15, -0.1) is 9.19 Å². The lowest BCUT2D eigenvalue weighted by molar-refractivity contribution is 0.0858. The van der Waals surface area contributed by atoms with E-state index in [0.717, 1.165) is 21.8 Å². The second-order valence-corrected chi connectivity index (χ2v) is 10.7. The zero-order chi connectivity index (χ0) is 22.7. The maximum atomic E-state index is 12.6. The SMILES string of the molecule is Cc1cc(C)cc(/C(CNS(=O)(=O)c2ncn(S(=O)(=O)N(C)C)n2)=N/OC(C)C)c1. The highest BCUT2D eigenvalue weighted by atomic mass is 32.2. The molecular formula is C17H26N6O5S2. The molecule has 1 N–H and O–H groups in total. The van der Waals surface area contributed by atoms with Gasteiger partial charge in [-0.2, -0.15) is 12.7 Å². The Morgan fingerprint density at radius 1 is 1.17 bits per heavy atom. The van der Waals surface area contributed by atoms with Crippen molar-refractivity contribution in [3.63, 3.8) is 0 Å². The van der Waals surface area contributed by atoms with Crippen LogP contribution in [0, 0.1) is 13.8 Å². The molecule has 2 aromatic rings. The first-order valence-electron chi connectivity index (χ1n) is 8.98. The smallest absolute Gasteiger partial charge is 0.323 e. The molecule has 0 amide bonds. The zero-order valence-corrected chi connectivity index (χ0v) is 19.3. The van der Waals surface area contributed by atoms with E-state index in [1.54, 1.807) is 13.8 Å². The Balaban J connectivity index is 2.30. The number of hydrogen-bond acceptors (Lipinski definition) is 8. The number of oxime groups is 1. The fourth-order valence-corrected chi connectivity index (χ4v) is 3.93. The molecule has 1 aromatic carbocycles. The highest BCUT2D eigenvalue weighted by Crippen LogP contribution is 2.12. The lowest BCUT2D eigenvalue weighted by Gasteiger charge is -2.11. The van der Waals surface area contributed by atoms with Gasteiger partial charge >= 0.3 is 10.2 Å². The van der Waals surface area contributed by atoms with Crippen molar-refractivity contribution in [2.24, 2.45) is 5.16 Å². The van der Waals surface area contributed by atoms with Crippen LogP contribution in [0.25, 0.3) is 0 Å². The predicted octanol–water partition coefficient (Wildman–Crippen LogP) is 0.657. The molecule has 0 atom stereocenters. The van der Waals surface area contributed by atoms with Gasteiger partial charge in [0.2, 0.25) is 0 Å². The van der Waals surface area contributed by atoms with Crippen LogP contribution in [0.2, 0.25) is 0 Å². The summed E-state index contributed by atoms with van der Waals surface area (Å²) in [5, 5.41) is 6.99. The van der Waals surface area contributed by atoms with Gasteiger partial charge in [0.25, 0.3) is 15.2 Å². The van der Waals surface area contributed by atoms with Gasteiger partial charge in [-0.05, 0) is 27.7 Å². The van der Waals surface area contributed by atoms with Crippen molar-refractivity contribution in [1.29, 1.82) is 0 Å². The average molecular weight is 459 g/mol. The molecule has 166 valence electrons. The molecule has 11 nitrogen and oxygen atoms in total. The van der Waals surface area contributed by atoms with Crippen LogP contribution in [-0.4, -0.2) is 67.8 Å². The highest BCUT2D eigenvalue weighted by Gasteiger charge is 2.25. The summed E-state index contributed by atoms with van der Waals surface area (Å²) in [6, 6.07) is 5.71. The third-order valence-corrected chi connectivity index (χ3v) is 6.51. The number of aromatic nitrogens is 3. The molecular weight excluding hydrogens is 432 g/mol. The number of aryl methyl sites for hydroxylation is 2. The summed E-state index contributed by atoms with van der Waals surface area (Å²) >= 11 is 0. The van der Waals surface area contributed by atoms with Crippen molar-refractivity contribution < 1.29 is 21.7 Å². The minimum atomic E-state index is -4.20. The Morgan fingerprint density at radius 3 is 2.30 bits per heavy atom. The van der Waals surface area contributed by atoms with Gasteiger partial charge in [0.15, 0.2) is 0 Å². The standard InChI is InChI=1S/C17H26N6O5S2/c1-12(2)28-21-16(15-8-13(3)7-14(4)9-15)10-19-29(24,25)17-18-11-23(20-17)30(26,27)22(5)6/h7-9,11-12,19H,10H2,1-6H3/b21-16+. The number of sulfonamides is 1. The second-order valence-electron chi connectivity index (χ2n) is 7.08. The predicted molar refractivity (Wildman–Crippen MR) is 112 cm³/mol. The molecule has 2 rings (SSSR count). The summed E-state index contributed by atoms with van der Waals surface area (Å²) in [6.45, 7) is 7.24. The number of nitrogens with one attached hydrogen (secondary N) is 1. The van der Waals surface area contributed by atoms with E-state index in [1.165, 1.54) is 14.1 Å². The highest BCUT2D eigenvalue weighted by molar-refractivity contribution is 7.89. The number of rotatable bonds is 9. The molecule has 13 heteroatoms. The van der Waals surface area contributed by atoms with Gasteiger partial charge in [0.05, 0.1) is 6.54 Å². The van der Waals surface area contributed by atoms with E-state index in [2.05, 4.69) is 20.0 Å². The van der Waals surface area contributed by atoms with E-state index in [0.29, 0.717) is 15.4 Å². The van der Waals surface area contributed by atoms with Gasteiger partial charge in [-0.25, -0.2) is 18.1 Å². The molecule has 0 radical (unpaired) electrons. The van der Waals surface area contributed by atoms with Crippen LogP contribution in [0.1, 0.15) is 30.5 Å². The number of benzene rings is 1. The van der Waals surface area contributed by atoms with Crippen LogP contribution >= 0.6 is 0 Å². The van der Waals surface area contributed by atoms with Crippen molar-refractivity contribution in [2.45, 2.75) is 39.0 Å². The third-order valence-electron chi connectivity index (χ3n) is 3.75. The Hall–Kier alpha value is -2.35. The molecule has 0 fully saturated rings. The summed E-state index contributed by atoms with van der Waals surface area (Å²) in [4.78, 5) is 8.93. The summed E-state index contributed by atoms with van der Waals surface area (Å²) in [7, 11) is -5.58. The van der Waals surface area contributed by atoms with Crippen molar-refractivity contribution >= 4 is 25.9 Å². The van der Waals surface area contributed by atoms with Crippen LogP contribution in [0.4, 0.5) is 0 Å². The number of nitrogens with zero attached hydrogens (tertiary/aromatic N) is 5. The van der Waals surface area contributed by atoms with Gasteiger partial charge in [0.1, 0.15) is 18.1 Å². The van der Waals surface area contributed by atoms with Crippen molar-refractivity contribution in [2.75, 3.05) is 20.6 Å². The molecule has 30 heavy (non-hydrogen) atoms. The maximum absolute atomic E-state index is 12.6. The monoisotopic (exact) mass is 458 g/mol. The molecule has 0 spiro atoms. The molecule has 0 saturated heterocycles. The topological polar surface area (TPSA) is 136 Å². The fraction of sp³-hybridized carbons (Fsp3) is 0.471. The first-order valence-corrected chi connectivity index (χ1v) is 11.9. The zero-order valence-electron chi connectivity index (χ0n) is 17.7. The first-order chi connectivity index (χ1) is 13.8. The van der Waals surface area contributed by atoms with E-state index in [4.69, 9.17) is 4.84 Å². The van der Waals surface area contributed by atoms with Crippen LogP contribution < -0.4 is 4.72 Å². The second kappa shape index (κ2) is 9.20. The normalized spacial score (nSPS) is 13.3. The lowest BCUT2D eigenvalue weighted by atomic mass is 10.0. The van der Waals surface area contributed by atoms with Crippen molar-refractivity contribution in [3.05, 3.63) is 41.2 Å². The molecule has 0 saturated carbocycles. The summed E-state index contributed by atoms with van der Waals surface area (Å²) in [5.41, 5.74) is 3.03. The van der Waals surface area contributed by atoms with E-state index < -0.39 is 25.4 Å². The van der Waals surface area contributed by atoms with E-state index in [1.807, 2.05) is 32.0 Å². The van der Waals surface area contributed by atoms with Gasteiger partial charge < -0.3 is 4.84 Å². The Bertz CT molecular complexity index is 1120. The quantitative estimate of drug-likeness (QED) is 0.430. The Kier molecular flexibility index (Phi) is 7.34. The van der Waals surface area contributed by atoms with Crippen molar-refractivity contribution in [3.8, 4) is 0 Å². The Morgan fingerprint density at radius 2 is 1.77 bits per heavy atom. The van der Waals surface area contributed by atoms with E-state index in [-0.39, 0.29) is 12.6 Å². The van der Waals surface area contributed by atoms with E-state index >= 15 is 0 Å². The van der Waals surface area contributed by atoms with Gasteiger partial charge in [-0.3, -0.25) is 0 Å². The maximum Gasteiger partial charge on any atom is 0.323 e. The van der Waals surface area contributed by atoms with Crippen LogP contribution in [-0.2, 0) is 25.1 Å². The third kappa shape index (κ3) is 5.84. The average Bonchev–Trinajstić information content (AvgIpc) is 3.12. The molecule has 1 heterocycles. The molecule has 0 bridgehead atoms. The van der Waals surface area contributed by atoms with Gasteiger partial charge in [0, 0.05) is 19.7 Å². The van der Waals surface area contributed by atoms with Gasteiger partial charge in [-0.1, -0.05) is 34.5 Å².